The number of nitriles is 1. The number of nitrogens with zero attached hydrogens (tertiary/aromatic N) is 1. The largest absolute Gasteiger partial charge is 0.358 e. The van der Waals surface area contributed by atoms with Crippen molar-refractivity contribution in [2.45, 2.75) is 13.0 Å². The van der Waals surface area contributed by atoms with Crippen molar-refractivity contribution < 1.29 is 4.79 Å². The van der Waals surface area contributed by atoms with Crippen molar-refractivity contribution in [3.05, 3.63) is 21.9 Å². The monoisotopic (exact) mass is 223 g/mol. The highest BCUT2D eigenvalue weighted by Crippen LogP contribution is 2.21. The van der Waals surface area contributed by atoms with Crippen LogP contribution in [0.1, 0.15) is 22.7 Å². The van der Waals surface area contributed by atoms with Crippen LogP contribution in [0.2, 0.25) is 0 Å². The highest BCUT2D eigenvalue weighted by Gasteiger charge is 2.09. The molecule has 1 atom stereocenters. The maximum absolute atomic E-state index is 11.0. The van der Waals surface area contributed by atoms with Crippen LogP contribution in [-0.2, 0) is 4.79 Å². The molecule has 5 heteroatoms. The maximum Gasteiger partial charge on any atom is 0.233 e. The third-order valence-electron chi connectivity index (χ3n) is 2.01. The minimum absolute atomic E-state index is 0.0427. The average Bonchev–Trinajstić information content (AvgIpc) is 2.73. The fourth-order valence-corrected chi connectivity index (χ4v) is 1.91. The molecule has 0 aliphatic carbocycles. The second-order valence-corrected chi connectivity index (χ2v) is 4.20. The number of hydrogen-bond donors (Lipinski definition) is 2. The summed E-state index contributed by atoms with van der Waals surface area (Å²) in [6.45, 7) is 2.26. The summed E-state index contributed by atoms with van der Waals surface area (Å²) in [4.78, 5) is 12.7. The average molecular weight is 223 g/mol. The molecule has 1 amide bonds. The van der Waals surface area contributed by atoms with Gasteiger partial charge in [0.1, 0.15) is 10.9 Å². The van der Waals surface area contributed by atoms with Crippen molar-refractivity contribution in [2.75, 3.05) is 13.6 Å². The Hall–Kier alpha value is -1.38. The summed E-state index contributed by atoms with van der Waals surface area (Å²) in [5.41, 5.74) is 0. The van der Waals surface area contributed by atoms with Gasteiger partial charge in [0.05, 0.1) is 6.54 Å². The quantitative estimate of drug-likeness (QED) is 0.801. The molecule has 2 N–H and O–H groups in total. The van der Waals surface area contributed by atoms with Gasteiger partial charge in [-0.3, -0.25) is 4.79 Å². The van der Waals surface area contributed by atoms with Crippen LogP contribution in [0.5, 0.6) is 0 Å². The first kappa shape index (κ1) is 11.7. The fraction of sp³-hybridized carbons (Fsp3) is 0.400. The van der Waals surface area contributed by atoms with Gasteiger partial charge in [-0.15, -0.1) is 11.3 Å². The summed E-state index contributed by atoms with van der Waals surface area (Å²) < 4.78 is 0. The predicted octanol–water partition coefficient (Wildman–Crippen LogP) is 1.02. The lowest BCUT2D eigenvalue weighted by molar-refractivity contribution is -0.119. The molecule has 0 fully saturated rings. The van der Waals surface area contributed by atoms with Crippen LogP contribution >= 0.6 is 11.3 Å². The van der Waals surface area contributed by atoms with E-state index in [2.05, 4.69) is 16.7 Å². The standard InChI is InChI=1S/C10H13N3OS/c1-7(13-6-10(14)12-2)9-4-3-8(5-11)15-9/h3-4,7,13H,6H2,1-2H3,(H,12,14). The maximum atomic E-state index is 11.0. The van der Waals surface area contributed by atoms with Gasteiger partial charge in [0, 0.05) is 18.0 Å². The molecule has 1 unspecified atom stereocenters. The van der Waals surface area contributed by atoms with Gasteiger partial charge in [0.2, 0.25) is 5.91 Å². The van der Waals surface area contributed by atoms with Gasteiger partial charge in [-0.05, 0) is 19.1 Å². The summed E-state index contributed by atoms with van der Waals surface area (Å²) in [6, 6.07) is 5.88. The van der Waals surface area contributed by atoms with Gasteiger partial charge < -0.3 is 10.6 Å². The van der Waals surface area contributed by atoms with E-state index in [9.17, 15) is 4.79 Å². The molecule has 1 rings (SSSR count). The van der Waals surface area contributed by atoms with Crippen LogP contribution in [0.4, 0.5) is 0 Å². The molecule has 1 aromatic rings. The normalized spacial score (nSPS) is 11.8. The minimum atomic E-state index is -0.0427. The highest BCUT2D eigenvalue weighted by atomic mass is 32.1. The highest BCUT2D eigenvalue weighted by molar-refractivity contribution is 7.12. The van der Waals surface area contributed by atoms with Crippen molar-refractivity contribution in [1.29, 1.82) is 5.26 Å². The minimum Gasteiger partial charge on any atom is -0.358 e. The Labute approximate surface area is 92.9 Å². The number of thiophene rings is 1. The van der Waals surface area contributed by atoms with Gasteiger partial charge in [-0.25, -0.2) is 0 Å². The molecular formula is C10H13N3OS. The lowest BCUT2D eigenvalue weighted by Crippen LogP contribution is -2.32. The van der Waals surface area contributed by atoms with Gasteiger partial charge in [-0.1, -0.05) is 0 Å². The van der Waals surface area contributed by atoms with Crippen molar-refractivity contribution in [3.63, 3.8) is 0 Å². The van der Waals surface area contributed by atoms with Crippen LogP contribution in [0.3, 0.4) is 0 Å². The molecule has 1 aromatic heterocycles. The van der Waals surface area contributed by atoms with Crippen molar-refractivity contribution >= 4 is 17.2 Å². The zero-order valence-electron chi connectivity index (χ0n) is 8.70. The van der Waals surface area contributed by atoms with E-state index in [1.807, 2.05) is 13.0 Å². The Bertz CT molecular complexity index is 380. The molecular weight excluding hydrogens is 210 g/mol. The van der Waals surface area contributed by atoms with Crippen LogP contribution in [0.15, 0.2) is 12.1 Å². The molecule has 4 nitrogen and oxygen atoms in total. The molecule has 80 valence electrons. The third kappa shape index (κ3) is 3.35. The molecule has 1 heterocycles. The number of amides is 1. The van der Waals surface area contributed by atoms with E-state index in [-0.39, 0.29) is 18.5 Å². The molecule has 0 bridgehead atoms. The molecule has 0 saturated carbocycles. The number of nitrogens with one attached hydrogen (secondary N) is 2. The zero-order valence-corrected chi connectivity index (χ0v) is 9.52. The number of likely N-dealkylation sites (N-methyl/N-ethyl adjacent to an activating group) is 1. The van der Waals surface area contributed by atoms with Crippen LogP contribution in [0.25, 0.3) is 0 Å². The molecule has 15 heavy (non-hydrogen) atoms. The predicted molar refractivity (Wildman–Crippen MR) is 59.5 cm³/mol. The smallest absolute Gasteiger partial charge is 0.233 e. The van der Waals surface area contributed by atoms with E-state index in [0.29, 0.717) is 4.88 Å². The topological polar surface area (TPSA) is 64.9 Å². The molecule has 0 spiro atoms. The second-order valence-electron chi connectivity index (χ2n) is 3.09. The van der Waals surface area contributed by atoms with Crippen molar-refractivity contribution in [3.8, 4) is 6.07 Å². The first-order valence-corrected chi connectivity index (χ1v) is 5.42. The molecule has 0 aromatic carbocycles. The summed E-state index contributed by atoms with van der Waals surface area (Å²) in [5.74, 6) is -0.0427. The van der Waals surface area contributed by atoms with Gasteiger partial charge >= 0.3 is 0 Å². The van der Waals surface area contributed by atoms with Crippen LogP contribution in [-0.4, -0.2) is 19.5 Å². The first-order valence-electron chi connectivity index (χ1n) is 4.61. The van der Waals surface area contributed by atoms with E-state index in [0.717, 1.165) is 4.88 Å². The van der Waals surface area contributed by atoms with E-state index < -0.39 is 0 Å². The Kier molecular flexibility index (Phi) is 4.28. The lowest BCUT2D eigenvalue weighted by Gasteiger charge is -2.10. The molecule has 0 aliphatic heterocycles. The third-order valence-corrected chi connectivity index (χ3v) is 3.18. The van der Waals surface area contributed by atoms with Gasteiger partial charge in [0.25, 0.3) is 0 Å². The lowest BCUT2D eigenvalue weighted by atomic mass is 10.2. The van der Waals surface area contributed by atoms with E-state index in [1.54, 1.807) is 13.1 Å². The summed E-state index contributed by atoms with van der Waals surface area (Å²) in [7, 11) is 1.60. The Morgan fingerprint density at radius 2 is 2.40 bits per heavy atom. The van der Waals surface area contributed by atoms with Gasteiger partial charge in [-0.2, -0.15) is 5.26 Å². The van der Waals surface area contributed by atoms with Gasteiger partial charge in [0.15, 0.2) is 0 Å². The number of rotatable bonds is 4. The summed E-state index contributed by atoms with van der Waals surface area (Å²) in [5, 5.41) is 14.3. The van der Waals surface area contributed by atoms with Crippen molar-refractivity contribution in [1.82, 2.24) is 10.6 Å². The number of carbonyl (C=O) groups excluding carboxylic acids is 1. The molecule has 0 saturated heterocycles. The number of carbonyl (C=O) groups is 1. The summed E-state index contributed by atoms with van der Waals surface area (Å²) in [6.07, 6.45) is 0. The van der Waals surface area contributed by atoms with Crippen LogP contribution < -0.4 is 10.6 Å². The Balaban J connectivity index is 2.50. The summed E-state index contributed by atoms with van der Waals surface area (Å²) >= 11 is 1.44. The van der Waals surface area contributed by atoms with E-state index in [1.165, 1.54) is 11.3 Å². The molecule has 0 radical (unpaired) electrons. The molecule has 0 aliphatic rings. The SMILES string of the molecule is CNC(=O)CNC(C)c1ccc(C#N)s1. The van der Waals surface area contributed by atoms with E-state index in [4.69, 9.17) is 5.26 Å². The zero-order chi connectivity index (χ0) is 11.3. The number of hydrogen-bond acceptors (Lipinski definition) is 4. The Morgan fingerprint density at radius 1 is 1.67 bits per heavy atom. The van der Waals surface area contributed by atoms with Crippen molar-refractivity contribution in [2.24, 2.45) is 0 Å². The first-order chi connectivity index (χ1) is 7.17. The van der Waals surface area contributed by atoms with Crippen LogP contribution in [0, 0.1) is 11.3 Å². The fourth-order valence-electron chi connectivity index (χ4n) is 1.08. The van der Waals surface area contributed by atoms with E-state index >= 15 is 0 Å². The Morgan fingerprint density at radius 3 is 2.93 bits per heavy atom. The second kappa shape index (κ2) is 5.49.